The van der Waals surface area contributed by atoms with Gasteiger partial charge in [-0.05, 0) is 32.4 Å². The fraction of sp³-hybridized carbons (Fsp3) is 1.00. The van der Waals surface area contributed by atoms with Crippen LogP contribution < -0.4 is 10.6 Å². The van der Waals surface area contributed by atoms with E-state index in [9.17, 15) is 0 Å². The standard InChI is InChI=1S/C11H26N2.2ClH/c1-8(2)10(12-5)7-11(13-6)9(3)4;;/h8-13H,7H2,1-6H3;2*1H/t10-,11-;;/m0../s1. The normalized spacial score (nSPS) is 14.4. The lowest BCUT2D eigenvalue weighted by atomic mass is 9.91. The molecule has 0 saturated carbocycles. The first-order chi connectivity index (χ1) is 6.02. The number of halogens is 2. The smallest absolute Gasteiger partial charge is 0.0102 e. The minimum absolute atomic E-state index is 0. The summed E-state index contributed by atoms with van der Waals surface area (Å²) in [4.78, 5) is 0. The van der Waals surface area contributed by atoms with Crippen LogP contribution in [0.15, 0.2) is 0 Å². The fourth-order valence-corrected chi connectivity index (χ4v) is 1.72. The van der Waals surface area contributed by atoms with E-state index >= 15 is 0 Å². The highest BCUT2D eigenvalue weighted by atomic mass is 35.5. The highest BCUT2D eigenvalue weighted by molar-refractivity contribution is 5.85. The first-order valence-corrected chi connectivity index (χ1v) is 5.37. The highest BCUT2D eigenvalue weighted by Crippen LogP contribution is 2.13. The van der Waals surface area contributed by atoms with Crippen molar-refractivity contribution in [3.05, 3.63) is 0 Å². The Hall–Kier alpha value is 0.500. The SMILES string of the molecule is CN[C@@H](C[C@H](NC)C(C)C)C(C)C.Cl.Cl. The third kappa shape index (κ3) is 8.32. The molecular weight excluding hydrogens is 231 g/mol. The molecule has 0 spiro atoms. The van der Waals surface area contributed by atoms with E-state index in [0.717, 1.165) is 0 Å². The van der Waals surface area contributed by atoms with Crippen molar-refractivity contribution in [1.82, 2.24) is 10.6 Å². The van der Waals surface area contributed by atoms with Crippen LogP contribution in [0.25, 0.3) is 0 Å². The van der Waals surface area contributed by atoms with Crippen LogP contribution >= 0.6 is 24.8 Å². The van der Waals surface area contributed by atoms with Gasteiger partial charge in [-0.3, -0.25) is 0 Å². The quantitative estimate of drug-likeness (QED) is 0.766. The van der Waals surface area contributed by atoms with Crippen LogP contribution in [0.3, 0.4) is 0 Å². The molecule has 0 amide bonds. The van der Waals surface area contributed by atoms with Crippen molar-refractivity contribution in [2.75, 3.05) is 14.1 Å². The van der Waals surface area contributed by atoms with E-state index < -0.39 is 0 Å². The molecule has 96 valence electrons. The summed E-state index contributed by atoms with van der Waals surface area (Å²) in [5.74, 6) is 1.42. The van der Waals surface area contributed by atoms with Gasteiger partial charge in [0, 0.05) is 12.1 Å². The minimum Gasteiger partial charge on any atom is -0.317 e. The molecule has 0 aliphatic carbocycles. The minimum atomic E-state index is 0. The van der Waals surface area contributed by atoms with Crippen LogP contribution in [-0.4, -0.2) is 26.2 Å². The van der Waals surface area contributed by atoms with E-state index in [2.05, 4.69) is 52.4 Å². The molecule has 2 N–H and O–H groups in total. The molecule has 0 radical (unpaired) electrons. The summed E-state index contributed by atoms with van der Waals surface area (Å²) in [5.41, 5.74) is 0. The third-order valence-corrected chi connectivity index (χ3v) is 2.86. The molecule has 0 rings (SSSR count). The van der Waals surface area contributed by atoms with Gasteiger partial charge in [-0.25, -0.2) is 0 Å². The Morgan fingerprint density at radius 3 is 1.13 bits per heavy atom. The first-order valence-electron chi connectivity index (χ1n) is 5.37. The van der Waals surface area contributed by atoms with Gasteiger partial charge in [0.15, 0.2) is 0 Å². The summed E-state index contributed by atoms with van der Waals surface area (Å²) in [5, 5.41) is 6.76. The molecule has 0 unspecified atom stereocenters. The van der Waals surface area contributed by atoms with Gasteiger partial charge in [-0.15, -0.1) is 24.8 Å². The maximum atomic E-state index is 3.38. The largest absolute Gasteiger partial charge is 0.317 e. The summed E-state index contributed by atoms with van der Waals surface area (Å²) in [6.45, 7) is 9.09. The van der Waals surface area contributed by atoms with Crippen molar-refractivity contribution < 1.29 is 0 Å². The Labute approximate surface area is 108 Å². The topological polar surface area (TPSA) is 24.1 Å². The second kappa shape index (κ2) is 11.0. The molecule has 0 aromatic rings. The summed E-state index contributed by atoms with van der Waals surface area (Å²) in [6, 6.07) is 1.25. The van der Waals surface area contributed by atoms with E-state index in [0.29, 0.717) is 23.9 Å². The Kier molecular flexibility index (Phi) is 15.3. The number of rotatable bonds is 6. The zero-order valence-corrected chi connectivity index (χ0v) is 12.5. The molecule has 0 heterocycles. The predicted octanol–water partition coefficient (Wildman–Crippen LogP) is 2.71. The van der Waals surface area contributed by atoms with Crippen molar-refractivity contribution in [2.24, 2.45) is 11.8 Å². The van der Waals surface area contributed by atoms with Crippen LogP contribution in [0, 0.1) is 11.8 Å². The van der Waals surface area contributed by atoms with Crippen LogP contribution in [0.2, 0.25) is 0 Å². The van der Waals surface area contributed by atoms with E-state index in [-0.39, 0.29) is 24.8 Å². The second-order valence-electron chi connectivity index (χ2n) is 4.51. The Balaban J connectivity index is -0.000000720. The molecule has 0 bridgehead atoms. The maximum absolute atomic E-state index is 3.38. The molecule has 2 nitrogen and oxygen atoms in total. The molecule has 4 heteroatoms. The van der Waals surface area contributed by atoms with Crippen molar-refractivity contribution in [1.29, 1.82) is 0 Å². The highest BCUT2D eigenvalue weighted by Gasteiger charge is 2.18. The molecule has 0 saturated heterocycles. The number of hydrogen-bond acceptors (Lipinski definition) is 2. The van der Waals surface area contributed by atoms with Crippen molar-refractivity contribution in [3.63, 3.8) is 0 Å². The van der Waals surface area contributed by atoms with Gasteiger partial charge in [-0.2, -0.15) is 0 Å². The van der Waals surface area contributed by atoms with Crippen molar-refractivity contribution in [2.45, 2.75) is 46.2 Å². The Morgan fingerprint density at radius 1 is 0.733 bits per heavy atom. The summed E-state index contributed by atoms with van der Waals surface area (Å²) >= 11 is 0. The van der Waals surface area contributed by atoms with Gasteiger partial charge in [0.1, 0.15) is 0 Å². The van der Waals surface area contributed by atoms with Crippen molar-refractivity contribution in [3.8, 4) is 0 Å². The van der Waals surface area contributed by atoms with Gasteiger partial charge in [-0.1, -0.05) is 27.7 Å². The van der Waals surface area contributed by atoms with Gasteiger partial charge in [0.2, 0.25) is 0 Å². The lowest BCUT2D eigenvalue weighted by molar-refractivity contribution is 0.310. The molecule has 0 aromatic heterocycles. The molecule has 15 heavy (non-hydrogen) atoms. The van der Waals surface area contributed by atoms with E-state index in [1.54, 1.807) is 0 Å². The van der Waals surface area contributed by atoms with Gasteiger partial charge in [0.25, 0.3) is 0 Å². The monoisotopic (exact) mass is 258 g/mol. The zero-order chi connectivity index (χ0) is 10.4. The summed E-state index contributed by atoms with van der Waals surface area (Å²) in [7, 11) is 4.11. The van der Waals surface area contributed by atoms with E-state index in [1.807, 2.05) is 0 Å². The Morgan fingerprint density at radius 2 is 1.00 bits per heavy atom. The summed E-state index contributed by atoms with van der Waals surface area (Å²) < 4.78 is 0. The van der Waals surface area contributed by atoms with Crippen LogP contribution in [-0.2, 0) is 0 Å². The maximum Gasteiger partial charge on any atom is 0.0102 e. The van der Waals surface area contributed by atoms with Gasteiger partial charge < -0.3 is 10.6 Å². The lowest BCUT2D eigenvalue weighted by Crippen LogP contribution is -2.41. The zero-order valence-electron chi connectivity index (χ0n) is 10.8. The van der Waals surface area contributed by atoms with E-state index in [1.165, 1.54) is 6.42 Å². The molecular formula is C11H28Cl2N2. The Bertz CT molecular complexity index is 116. The second-order valence-corrected chi connectivity index (χ2v) is 4.51. The fourth-order valence-electron chi connectivity index (χ4n) is 1.72. The first kappa shape index (κ1) is 20.9. The number of hydrogen-bond donors (Lipinski definition) is 2. The van der Waals surface area contributed by atoms with E-state index in [4.69, 9.17) is 0 Å². The van der Waals surface area contributed by atoms with Crippen LogP contribution in [0.1, 0.15) is 34.1 Å². The molecule has 2 atom stereocenters. The number of nitrogens with one attached hydrogen (secondary N) is 2. The third-order valence-electron chi connectivity index (χ3n) is 2.86. The average Bonchev–Trinajstić information content (AvgIpc) is 2.05. The molecule has 0 aromatic carbocycles. The average molecular weight is 259 g/mol. The van der Waals surface area contributed by atoms with Crippen LogP contribution in [0.4, 0.5) is 0 Å². The van der Waals surface area contributed by atoms with Crippen LogP contribution in [0.5, 0.6) is 0 Å². The molecule has 0 aliphatic rings. The molecule has 0 fully saturated rings. The predicted molar refractivity (Wildman–Crippen MR) is 74.5 cm³/mol. The van der Waals surface area contributed by atoms with Gasteiger partial charge in [0.05, 0.1) is 0 Å². The summed E-state index contributed by atoms with van der Waals surface area (Å²) in [6.07, 6.45) is 1.21. The molecule has 0 aliphatic heterocycles. The van der Waals surface area contributed by atoms with Crippen molar-refractivity contribution >= 4 is 24.8 Å². The lowest BCUT2D eigenvalue weighted by Gasteiger charge is -2.28. The van der Waals surface area contributed by atoms with Gasteiger partial charge >= 0.3 is 0 Å².